The third kappa shape index (κ3) is 5.13. The lowest BCUT2D eigenvalue weighted by molar-refractivity contribution is -0.151. The molecule has 8 nitrogen and oxygen atoms in total. The average Bonchev–Trinajstić information content (AvgIpc) is 3.18. The van der Waals surface area contributed by atoms with Crippen LogP contribution in [0.4, 0.5) is 5.69 Å². The van der Waals surface area contributed by atoms with E-state index in [4.69, 9.17) is 4.74 Å². The minimum atomic E-state index is -0.334. The molecule has 0 atom stereocenters. The molecule has 3 amide bonds. The first-order valence-electron chi connectivity index (χ1n) is 10.1. The maximum Gasteiger partial charge on any atom is 0.309 e. The van der Waals surface area contributed by atoms with E-state index in [1.54, 1.807) is 41.0 Å². The Balaban J connectivity index is 1.45. The molecule has 2 fully saturated rings. The van der Waals surface area contributed by atoms with E-state index >= 15 is 0 Å². The van der Waals surface area contributed by atoms with Crippen LogP contribution in [0.25, 0.3) is 0 Å². The molecule has 3 rings (SSSR count). The topological polar surface area (TPSA) is 96.0 Å². The van der Waals surface area contributed by atoms with E-state index in [9.17, 15) is 19.2 Å². The number of esters is 1. The summed E-state index contributed by atoms with van der Waals surface area (Å²) < 4.78 is 5.03. The van der Waals surface area contributed by atoms with Crippen molar-refractivity contribution < 1.29 is 23.9 Å². The molecule has 0 aliphatic carbocycles. The smallest absolute Gasteiger partial charge is 0.309 e. The molecule has 0 bridgehead atoms. The summed E-state index contributed by atoms with van der Waals surface area (Å²) in [5.74, 6) is -0.764. The number of nitrogens with one attached hydrogen (secondary N) is 1. The minimum Gasteiger partial charge on any atom is -0.466 e. The fraction of sp³-hybridized carbons (Fsp3) is 0.524. The summed E-state index contributed by atoms with van der Waals surface area (Å²) in [6.07, 6.45) is 2.56. The highest BCUT2D eigenvalue weighted by molar-refractivity contribution is 5.98. The van der Waals surface area contributed by atoms with E-state index in [2.05, 4.69) is 5.32 Å². The molecule has 2 saturated heterocycles. The van der Waals surface area contributed by atoms with Crippen LogP contribution >= 0.6 is 0 Å². The van der Waals surface area contributed by atoms with Crippen LogP contribution in [-0.2, 0) is 19.1 Å². The van der Waals surface area contributed by atoms with E-state index in [0.29, 0.717) is 51.1 Å². The normalized spacial score (nSPS) is 17.3. The number of benzene rings is 1. The van der Waals surface area contributed by atoms with E-state index in [-0.39, 0.29) is 36.2 Å². The Morgan fingerprint density at radius 2 is 1.79 bits per heavy atom. The predicted molar refractivity (Wildman–Crippen MR) is 106 cm³/mol. The molecule has 0 unspecified atom stereocenters. The van der Waals surface area contributed by atoms with Gasteiger partial charge >= 0.3 is 5.97 Å². The van der Waals surface area contributed by atoms with Gasteiger partial charge in [-0.25, -0.2) is 0 Å². The molecule has 156 valence electrons. The van der Waals surface area contributed by atoms with E-state index in [0.717, 1.165) is 12.1 Å². The van der Waals surface area contributed by atoms with Crippen LogP contribution in [-0.4, -0.2) is 61.4 Å². The Labute approximate surface area is 170 Å². The van der Waals surface area contributed by atoms with Crippen molar-refractivity contribution in [1.29, 1.82) is 0 Å². The van der Waals surface area contributed by atoms with Gasteiger partial charge in [-0.1, -0.05) is 0 Å². The highest BCUT2D eigenvalue weighted by Crippen LogP contribution is 2.22. The summed E-state index contributed by atoms with van der Waals surface area (Å²) in [5.41, 5.74) is 1.22. The van der Waals surface area contributed by atoms with Gasteiger partial charge in [0.25, 0.3) is 5.91 Å². The quantitative estimate of drug-likeness (QED) is 0.726. The van der Waals surface area contributed by atoms with E-state index in [1.165, 1.54) is 0 Å². The molecule has 8 heteroatoms. The van der Waals surface area contributed by atoms with Crippen molar-refractivity contribution in [3.05, 3.63) is 29.8 Å². The molecule has 2 aliphatic heterocycles. The Kier molecular flexibility index (Phi) is 6.85. The van der Waals surface area contributed by atoms with Crippen LogP contribution in [0.5, 0.6) is 0 Å². The number of piperidine rings is 1. The fourth-order valence-corrected chi connectivity index (χ4v) is 3.71. The largest absolute Gasteiger partial charge is 0.466 e. The highest BCUT2D eigenvalue weighted by atomic mass is 16.5. The number of nitrogens with zero attached hydrogens (tertiary/aromatic N) is 2. The van der Waals surface area contributed by atoms with Crippen LogP contribution in [0.3, 0.4) is 0 Å². The van der Waals surface area contributed by atoms with Gasteiger partial charge in [-0.15, -0.1) is 0 Å². The van der Waals surface area contributed by atoms with Gasteiger partial charge in [-0.3, -0.25) is 19.2 Å². The molecule has 2 heterocycles. The van der Waals surface area contributed by atoms with Crippen molar-refractivity contribution in [2.75, 3.05) is 37.7 Å². The molecule has 0 saturated carbocycles. The second-order valence-electron chi connectivity index (χ2n) is 7.29. The van der Waals surface area contributed by atoms with E-state index in [1.807, 2.05) is 0 Å². The Hall–Kier alpha value is -2.90. The summed E-state index contributed by atoms with van der Waals surface area (Å²) >= 11 is 0. The molecule has 1 aromatic rings. The molecule has 0 radical (unpaired) electrons. The Morgan fingerprint density at radius 3 is 2.38 bits per heavy atom. The summed E-state index contributed by atoms with van der Waals surface area (Å²) in [6.45, 7) is 3.71. The first-order valence-corrected chi connectivity index (χ1v) is 10.1. The molecule has 2 aliphatic rings. The number of rotatable bonds is 6. The predicted octanol–water partition coefficient (Wildman–Crippen LogP) is 1.34. The number of carbonyl (C=O) groups is 4. The Morgan fingerprint density at radius 1 is 1.10 bits per heavy atom. The van der Waals surface area contributed by atoms with Gasteiger partial charge < -0.3 is 19.9 Å². The molecule has 0 spiro atoms. The number of anilines is 1. The number of ether oxygens (including phenoxy) is 1. The number of likely N-dealkylation sites (tertiary alicyclic amines) is 1. The lowest BCUT2D eigenvalue weighted by Gasteiger charge is -2.31. The minimum absolute atomic E-state index is 0.0880. The van der Waals surface area contributed by atoms with Gasteiger partial charge in [0, 0.05) is 37.3 Å². The van der Waals surface area contributed by atoms with Crippen LogP contribution < -0.4 is 10.2 Å². The van der Waals surface area contributed by atoms with Crippen molar-refractivity contribution in [3.63, 3.8) is 0 Å². The number of hydrogen-bond acceptors (Lipinski definition) is 5. The Bertz CT molecular complexity index is 769. The highest BCUT2D eigenvalue weighted by Gasteiger charge is 2.28. The van der Waals surface area contributed by atoms with Gasteiger partial charge in [0.2, 0.25) is 11.8 Å². The van der Waals surface area contributed by atoms with Gasteiger partial charge in [0.15, 0.2) is 0 Å². The van der Waals surface area contributed by atoms with Crippen LogP contribution in [0.1, 0.15) is 43.0 Å². The third-order valence-corrected chi connectivity index (χ3v) is 5.38. The van der Waals surface area contributed by atoms with Crippen LogP contribution in [0.2, 0.25) is 0 Å². The van der Waals surface area contributed by atoms with Crippen LogP contribution in [0, 0.1) is 5.92 Å². The lowest BCUT2D eigenvalue weighted by atomic mass is 9.97. The van der Waals surface area contributed by atoms with Crippen molar-refractivity contribution >= 4 is 29.4 Å². The van der Waals surface area contributed by atoms with Crippen molar-refractivity contribution in [3.8, 4) is 0 Å². The maximum atomic E-state index is 12.4. The zero-order chi connectivity index (χ0) is 20.8. The SMILES string of the molecule is CCOC(=O)C1CCN(C(=O)CNC(=O)c2ccc(N3CCCC3=O)cc2)CC1. The fourth-order valence-electron chi connectivity index (χ4n) is 3.71. The summed E-state index contributed by atoms with van der Waals surface area (Å²) in [6, 6.07) is 6.82. The lowest BCUT2D eigenvalue weighted by Crippen LogP contribution is -2.45. The summed E-state index contributed by atoms with van der Waals surface area (Å²) in [7, 11) is 0. The summed E-state index contributed by atoms with van der Waals surface area (Å²) in [5, 5.41) is 2.65. The second kappa shape index (κ2) is 9.54. The molecule has 29 heavy (non-hydrogen) atoms. The van der Waals surface area contributed by atoms with Crippen molar-refractivity contribution in [1.82, 2.24) is 10.2 Å². The number of carbonyl (C=O) groups excluding carboxylic acids is 4. The first-order chi connectivity index (χ1) is 14.0. The van der Waals surface area contributed by atoms with Gasteiger partial charge in [0.05, 0.1) is 19.1 Å². The zero-order valence-corrected chi connectivity index (χ0v) is 16.7. The maximum absolute atomic E-state index is 12.4. The zero-order valence-electron chi connectivity index (χ0n) is 16.7. The third-order valence-electron chi connectivity index (χ3n) is 5.38. The van der Waals surface area contributed by atoms with Crippen LogP contribution in [0.15, 0.2) is 24.3 Å². The molecule has 0 aromatic heterocycles. The molecular weight excluding hydrogens is 374 g/mol. The van der Waals surface area contributed by atoms with Gasteiger partial charge in [-0.05, 0) is 50.5 Å². The number of hydrogen-bond donors (Lipinski definition) is 1. The molecular formula is C21H27N3O5. The van der Waals surface area contributed by atoms with E-state index < -0.39 is 0 Å². The van der Waals surface area contributed by atoms with Crippen molar-refractivity contribution in [2.45, 2.75) is 32.6 Å². The second-order valence-corrected chi connectivity index (χ2v) is 7.29. The van der Waals surface area contributed by atoms with Crippen molar-refractivity contribution in [2.24, 2.45) is 5.92 Å². The molecule has 1 aromatic carbocycles. The standard InChI is InChI=1S/C21H27N3O5/c1-2-29-21(28)16-9-12-23(13-10-16)19(26)14-22-20(27)15-5-7-17(8-6-15)24-11-3-4-18(24)25/h5-8,16H,2-4,9-14H2,1H3,(H,22,27). The van der Waals surface area contributed by atoms with Gasteiger partial charge in [0.1, 0.15) is 0 Å². The summed E-state index contributed by atoms with van der Waals surface area (Å²) in [4.78, 5) is 51.6. The monoisotopic (exact) mass is 401 g/mol. The molecule has 1 N–H and O–H groups in total. The average molecular weight is 401 g/mol. The number of amides is 3. The first kappa shape index (κ1) is 20.8. The van der Waals surface area contributed by atoms with Gasteiger partial charge in [-0.2, -0.15) is 0 Å².